The van der Waals surface area contributed by atoms with Crippen molar-refractivity contribution in [2.24, 2.45) is 5.10 Å². The monoisotopic (exact) mass is 381 g/mol. The summed E-state index contributed by atoms with van der Waals surface area (Å²) in [6.07, 6.45) is 3.18. The molecule has 0 amide bonds. The molecule has 0 saturated heterocycles. The first-order valence-electron chi connectivity index (χ1n) is 8.59. The second-order valence-corrected chi connectivity index (χ2v) is 6.12. The molecule has 0 aliphatic carbocycles. The van der Waals surface area contributed by atoms with E-state index < -0.39 is 0 Å². The van der Waals surface area contributed by atoms with Gasteiger partial charge in [-0.25, -0.2) is 9.97 Å². The van der Waals surface area contributed by atoms with Crippen LogP contribution in [0.4, 0.5) is 11.5 Å². The SMILES string of the molecule is COc1cc2ncnc(N/N=C/c3ccc(N(C)C)cc3)c2c(OC)c1OC. The summed E-state index contributed by atoms with van der Waals surface area (Å²) in [5.41, 5.74) is 5.70. The molecule has 0 aliphatic heterocycles. The van der Waals surface area contributed by atoms with Crippen molar-refractivity contribution < 1.29 is 14.2 Å². The van der Waals surface area contributed by atoms with Crippen LogP contribution in [0.3, 0.4) is 0 Å². The number of anilines is 2. The number of ether oxygens (including phenoxy) is 3. The zero-order valence-corrected chi connectivity index (χ0v) is 16.6. The van der Waals surface area contributed by atoms with Crippen LogP contribution in [0.5, 0.6) is 17.2 Å². The Morgan fingerprint density at radius 1 is 0.964 bits per heavy atom. The molecule has 0 radical (unpaired) electrons. The van der Waals surface area contributed by atoms with Crippen LogP contribution < -0.4 is 24.5 Å². The highest BCUT2D eigenvalue weighted by Gasteiger charge is 2.19. The van der Waals surface area contributed by atoms with Gasteiger partial charge in [-0.05, 0) is 17.7 Å². The molecule has 3 aromatic rings. The first-order valence-corrected chi connectivity index (χ1v) is 8.59. The van der Waals surface area contributed by atoms with Crippen molar-refractivity contribution in [1.82, 2.24) is 9.97 Å². The van der Waals surface area contributed by atoms with Crippen LogP contribution in [0.1, 0.15) is 5.56 Å². The first kappa shape index (κ1) is 19.2. The number of methoxy groups -OCH3 is 3. The topological polar surface area (TPSA) is 81.1 Å². The summed E-state index contributed by atoms with van der Waals surface area (Å²) < 4.78 is 16.4. The highest BCUT2D eigenvalue weighted by Crippen LogP contribution is 2.44. The summed E-state index contributed by atoms with van der Waals surface area (Å²) in [5.74, 6) is 1.98. The Morgan fingerprint density at radius 2 is 1.68 bits per heavy atom. The summed E-state index contributed by atoms with van der Waals surface area (Å²) in [6.45, 7) is 0. The maximum atomic E-state index is 5.55. The number of hydrazone groups is 1. The molecule has 0 aliphatic rings. The summed E-state index contributed by atoms with van der Waals surface area (Å²) in [4.78, 5) is 10.6. The lowest BCUT2D eigenvalue weighted by molar-refractivity contribution is 0.327. The molecule has 3 rings (SSSR count). The van der Waals surface area contributed by atoms with Gasteiger partial charge in [0.2, 0.25) is 5.75 Å². The van der Waals surface area contributed by atoms with Crippen LogP contribution in [-0.2, 0) is 0 Å². The zero-order valence-electron chi connectivity index (χ0n) is 16.6. The van der Waals surface area contributed by atoms with Crippen molar-refractivity contribution in [3.05, 3.63) is 42.2 Å². The van der Waals surface area contributed by atoms with Crippen LogP contribution in [0.15, 0.2) is 41.8 Å². The molecule has 146 valence electrons. The average molecular weight is 381 g/mol. The molecule has 1 N–H and O–H groups in total. The summed E-state index contributed by atoms with van der Waals surface area (Å²) in [5, 5.41) is 4.96. The maximum absolute atomic E-state index is 5.55. The lowest BCUT2D eigenvalue weighted by atomic mass is 10.2. The van der Waals surface area contributed by atoms with Crippen molar-refractivity contribution in [3.8, 4) is 17.2 Å². The van der Waals surface area contributed by atoms with Crippen LogP contribution in [-0.4, -0.2) is 51.6 Å². The summed E-state index contributed by atoms with van der Waals surface area (Å²) >= 11 is 0. The summed E-state index contributed by atoms with van der Waals surface area (Å²) in [6, 6.07) is 9.82. The van der Waals surface area contributed by atoms with Gasteiger partial charge in [0.25, 0.3) is 0 Å². The lowest BCUT2D eigenvalue weighted by Gasteiger charge is -2.15. The van der Waals surface area contributed by atoms with E-state index in [1.807, 2.05) is 43.3 Å². The zero-order chi connectivity index (χ0) is 20.1. The van der Waals surface area contributed by atoms with E-state index in [1.54, 1.807) is 33.6 Å². The number of hydrogen-bond donors (Lipinski definition) is 1. The van der Waals surface area contributed by atoms with Gasteiger partial charge < -0.3 is 19.1 Å². The number of nitrogens with zero attached hydrogens (tertiary/aromatic N) is 4. The highest BCUT2D eigenvalue weighted by molar-refractivity contribution is 5.98. The Bertz CT molecular complexity index is 987. The largest absolute Gasteiger partial charge is 0.493 e. The van der Waals surface area contributed by atoms with Gasteiger partial charge >= 0.3 is 0 Å². The van der Waals surface area contributed by atoms with Gasteiger partial charge in [0.05, 0.1) is 38.4 Å². The third kappa shape index (κ3) is 3.75. The molecular weight excluding hydrogens is 358 g/mol. The first-order chi connectivity index (χ1) is 13.6. The molecule has 0 spiro atoms. The van der Waals surface area contributed by atoms with E-state index in [-0.39, 0.29) is 0 Å². The highest BCUT2D eigenvalue weighted by atomic mass is 16.5. The Hall–Kier alpha value is -3.55. The predicted molar refractivity (Wildman–Crippen MR) is 111 cm³/mol. The minimum absolute atomic E-state index is 0.471. The molecular formula is C20H23N5O3. The van der Waals surface area contributed by atoms with Crippen molar-refractivity contribution >= 4 is 28.6 Å². The Kier molecular flexibility index (Phi) is 5.78. The van der Waals surface area contributed by atoms with Crippen LogP contribution in [0.2, 0.25) is 0 Å². The minimum Gasteiger partial charge on any atom is -0.493 e. The molecule has 1 heterocycles. The number of nitrogens with one attached hydrogen (secondary N) is 1. The van der Waals surface area contributed by atoms with Gasteiger partial charge in [-0.15, -0.1) is 0 Å². The van der Waals surface area contributed by atoms with Crippen molar-refractivity contribution in [3.63, 3.8) is 0 Å². The van der Waals surface area contributed by atoms with E-state index in [9.17, 15) is 0 Å². The smallest absolute Gasteiger partial charge is 0.204 e. The van der Waals surface area contributed by atoms with Crippen molar-refractivity contribution in [2.45, 2.75) is 0 Å². The number of fused-ring (bicyclic) bond motifs is 1. The van der Waals surface area contributed by atoms with E-state index in [1.165, 1.54) is 6.33 Å². The molecule has 0 fully saturated rings. The van der Waals surface area contributed by atoms with Gasteiger partial charge in [-0.1, -0.05) is 12.1 Å². The average Bonchev–Trinajstić information content (AvgIpc) is 2.72. The van der Waals surface area contributed by atoms with E-state index >= 15 is 0 Å². The Balaban J connectivity index is 1.94. The van der Waals surface area contributed by atoms with Crippen LogP contribution in [0.25, 0.3) is 10.9 Å². The van der Waals surface area contributed by atoms with Crippen LogP contribution in [0, 0.1) is 0 Å². The van der Waals surface area contributed by atoms with Gasteiger partial charge in [-0.3, -0.25) is 5.43 Å². The number of benzene rings is 2. The molecule has 8 nitrogen and oxygen atoms in total. The van der Waals surface area contributed by atoms with Gasteiger partial charge in [0.15, 0.2) is 17.3 Å². The third-order valence-corrected chi connectivity index (χ3v) is 4.22. The van der Waals surface area contributed by atoms with E-state index in [2.05, 4.69) is 20.5 Å². The fourth-order valence-corrected chi connectivity index (χ4v) is 2.80. The van der Waals surface area contributed by atoms with Gasteiger partial charge in [0.1, 0.15) is 6.33 Å². The van der Waals surface area contributed by atoms with Crippen molar-refractivity contribution in [1.29, 1.82) is 0 Å². The molecule has 8 heteroatoms. The van der Waals surface area contributed by atoms with Gasteiger partial charge in [-0.2, -0.15) is 5.10 Å². The Morgan fingerprint density at radius 3 is 2.29 bits per heavy atom. The molecule has 0 bridgehead atoms. The van der Waals surface area contributed by atoms with Crippen molar-refractivity contribution in [2.75, 3.05) is 45.8 Å². The molecule has 0 unspecified atom stereocenters. The van der Waals surface area contributed by atoms with Gasteiger partial charge in [0, 0.05) is 25.8 Å². The summed E-state index contributed by atoms with van der Waals surface area (Å²) in [7, 11) is 8.68. The predicted octanol–water partition coefficient (Wildman–Crippen LogP) is 3.17. The van der Waals surface area contributed by atoms with E-state index in [0.29, 0.717) is 34.0 Å². The molecule has 1 aromatic heterocycles. The van der Waals surface area contributed by atoms with E-state index in [0.717, 1.165) is 11.3 Å². The number of hydrogen-bond acceptors (Lipinski definition) is 8. The number of aromatic nitrogens is 2. The second kappa shape index (κ2) is 8.43. The fraction of sp³-hybridized carbons (Fsp3) is 0.250. The molecule has 0 atom stereocenters. The second-order valence-electron chi connectivity index (χ2n) is 6.12. The normalized spacial score (nSPS) is 10.9. The van der Waals surface area contributed by atoms with E-state index in [4.69, 9.17) is 14.2 Å². The van der Waals surface area contributed by atoms with Crippen LogP contribution >= 0.6 is 0 Å². The molecule has 2 aromatic carbocycles. The quantitative estimate of drug-likeness (QED) is 0.497. The fourth-order valence-electron chi connectivity index (χ4n) is 2.80. The maximum Gasteiger partial charge on any atom is 0.204 e. The number of rotatable bonds is 7. The standard InChI is InChI=1S/C20H23N5O3/c1-25(2)14-8-6-13(7-9-14)11-23-24-20-17-15(21-12-22-20)10-16(26-3)18(27-4)19(17)28-5/h6-12H,1-5H3,(H,21,22,24)/b23-11+. The lowest BCUT2D eigenvalue weighted by Crippen LogP contribution is -2.08. The Labute approximate surface area is 163 Å². The molecule has 28 heavy (non-hydrogen) atoms. The molecule has 0 saturated carbocycles. The third-order valence-electron chi connectivity index (χ3n) is 4.22. The minimum atomic E-state index is 0.471.